The summed E-state index contributed by atoms with van der Waals surface area (Å²) in [6.45, 7) is 6.47. The van der Waals surface area contributed by atoms with Crippen molar-refractivity contribution in [2.75, 3.05) is 11.9 Å². The topological polar surface area (TPSA) is 47.6 Å². The minimum absolute atomic E-state index is 0.186. The van der Waals surface area contributed by atoms with Gasteiger partial charge in [0.25, 0.3) is 5.91 Å². The van der Waals surface area contributed by atoms with E-state index in [0.717, 1.165) is 23.4 Å². The van der Waals surface area contributed by atoms with Crippen LogP contribution in [0, 0.1) is 6.92 Å². The Morgan fingerprint density at radius 1 is 1.13 bits per heavy atom. The molecule has 0 aliphatic rings. The average Bonchev–Trinajstić information content (AvgIpc) is 2.54. The summed E-state index contributed by atoms with van der Waals surface area (Å²) in [5.41, 5.74) is 1.82. The maximum absolute atomic E-state index is 12.2. The van der Waals surface area contributed by atoms with Gasteiger partial charge in [0.05, 0.1) is 6.61 Å². The molecule has 1 atom stereocenters. The van der Waals surface area contributed by atoms with E-state index in [1.54, 1.807) is 6.92 Å². The maximum atomic E-state index is 12.2. The van der Waals surface area contributed by atoms with Gasteiger partial charge < -0.3 is 14.8 Å². The van der Waals surface area contributed by atoms with E-state index in [-0.39, 0.29) is 5.91 Å². The van der Waals surface area contributed by atoms with Gasteiger partial charge >= 0.3 is 0 Å². The van der Waals surface area contributed by atoms with E-state index in [0.29, 0.717) is 12.4 Å². The number of ether oxygens (including phenoxy) is 2. The van der Waals surface area contributed by atoms with Gasteiger partial charge in [-0.1, -0.05) is 19.1 Å². The number of aryl methyl sites for hydroxylation is 1. The number of carbonyl (C=O) groups excluding carboxylic acids is 1. The molecule has 4 nitrogen and oxygen atoms in total. The molecule has 0 spiro atoms. The van der Waals surface area contributed by atoms with Crippen LogP contribution in [-0.4, -0.2) is 18.6 Å². The van der Waals surface area contributed by atoms with Gasteiger partial charge in [0.15, 0.2) is 6.10 Å². The Morgan fingerprint density at radius 3 is 2.52 bits per heavy atom. The van der Waals surface area contributed by atoms with Gasteiger partial charge in [-0.05, 0) is 62.2 Å². The van der Waals surface area contributed by atoms with Crippen LogP contribution in [0.3, 0.4) is 0 Å². The standard InChI is InChI=1S/C19H23NO3/c1-4-12-22-17-10-8-16(9-11-17)20-19(21)15(3)23-18-7-5-6-14(2)13-18/h5-11,13,15H,4,12H2,1-3H3,(H,20,21)/t15-/m1/s1. The van der Waals surface area contributed by atoms with Gasteiger partial charge in [0.2, 0.25) is 0 Å². The summed E-state index contributed by atoms with van der Waals surface area (Å²) in [6, 6.07) is 15.0. The molecule has 0 aromatic heterocycles. The predicted octanol–water partition coefficient (Wildman–Crippen LogP) is 4.19. The van der Waals surface area contributed by atoms with Crippen molar-refractivity contribution >= 4 is 11.6 Å². The second kappa shape index (κ2) is 8.22. The molecule has 0 fully saturated rings. The van der Waals surface area contributed by atoms with Crippen molar-refractivity contribution < 1.29 is 14.3 Å². The summed E-state index contributed by atoms with van der Waals surface area (Å²) < 4.78 is 11.2. The zero-order valence-electron chi connectivity index (χ0n) is 13.8. The summed E-state index contributed by atoms with van der Waals surface area (Å²) in [6.07, 6.45) is 0.388. The van der Waals surface area contributed by atoms with Crippen LogP contribution in [0.5, 0.6) is 11.5 Å². The Hall–Kier alpha value is -2.49. The van der Waals surface area contributed by atoms with E-state index >= 15 is 0 Å². The lowest BCUT2D eigenvalue weighted by molar-refractivity contribution is -0.122. The van der Waals surface area contributed by atoms with Crippen LogP contribution in [0.1, 0.15) is 25.8 Å². The van der Waals surface area contributed by atoms with Gasteiger partial charge in [0, 0.05) is 5.69 Å². The highest BCUT2D eigenvalue weighted by atomic mass is 16.5. The Morgan fingerprint density at radius 2 is 1.87 bits per heavy atom. The highest BCUT2D eigenvalue weighted by molar-refractivity contribution is 5.94. The summed E-state index contributed by atoms with van der Waals surface area (Å²) in [5, 5.41) is 2.84. The number of hydrogen-bond donors (Lipinski definition) is 1. The van der Waals surface area contributed by atoms with Crippen LogP contribution in [-0.2, 0) is 4.79 Å². The minimum Gasteiger partial charge on any atom is -0.494 e. The highest BCUT2D eigenvalue weighted by Gasteiger charge is 2.14. The smallest absolute Gasteiger partial charge is 0.265 e. The van der Waals surface area contributed by atoms with Crippen molar-refractivity contribution in [3.8, 4) is 11.5 Å². The molecule has 0 heterocycles. The van der Waals surface area contributed by atoms with Gasteiger partial charge in [-0.2, -0.15) is 0 Å². The van der Waals surface area contributed by atoms with Gasteiger partial charge in [-0.3, -0.25) is 4.79 Å². The van der Waals surface area contributed by atoms with Crippen LogP contribution in [0.4, 0.5) is 5.69 Å². The first-order valence-corrected chi connectivity index (χ1v) is 7.85. The number of rotatable bonds is 7. The van der Waals surface area contributed by atoms with Crippen molar-refractivity contribution in [2.24, 2.45) is 0 Å². The molecular weight excluding hydrogens is 290 g/mol. The van der Waals surface area contributed by atoms with Gasteiger partial charge in [0.1, 0.15) is 11.5 Å². The Kier molecular flexibility index (Phi) is 6.03. The van der Waals surface area contributed by atoms with Gasteiger partial charge in [-0.25, -0.2) is 0 Å². The molecule has 2 rings (SSSR count). The number of amides is 1. The zero-order chi connectivity index (χ0) is 16.7. The molecule has 0 aliphatic carbocycles. The summed E-state index contributed by atoms with van der Waals surface area (Å²) in [5.74, 6) is 1.30. The fourth-order valence-electron chi connectivity index (χ4n) is 2.04. The fourth-order valence-corrected chi connectivity index (χ4v) is 2.04. The molecule has 23 heavy (non-hydrogen) atoms. The molecule has 122 valence electrons. The summed E-state index contributed by atoms with van der Waals surface area (Å²) in [7, 11) is 0. The Labute approximate surface area is 137 Å². The number of benzene rings is 2. The molecule has 1 amide bonds. The quantitative estimate of drug-likeness (QED) is 0.833. The number of carbonyl (C=O) groups is 1. The van der Waals surface area contributed by atoms with Crippen molar-refractivity contribution in [1.82, 2.24) is 0 Å². The monoisotopic (exact) mass is 313 g/mol. The molecule has 2 aromatic rings. The lowest BCUT2D eigenvalue weighted by Gasteiger charge is -2.15. The number of hydrogen-bond acceptors (Lipinski definition) is 3. The molecule has 0 saturated heterocycles. The van der Waals surface area contributed by atoms with Crippen LogP contribution >= 0.6 is 0 Å². The van der Waals surface area contributed by atoms with Crippen LogP contribution in [0.25, 0.3) is 0 Å². The molecule has 0 aliphatic heterocycles. The average molecular weight is 313 g/mol. The van der Waals surface area contributed by atoms with Crippen molar-refractivity contribution in [1.29, 1.82) is 0 Å². The van der Waals surface area contributed by atoms with Crippen LogP contribution < -0.4 is 14.8 Å². The molecule has 0 bridgehead atoms. The molecule has 0 radical (unpaired) electrons. The third-order valence-electron chi connectivity index (χ3n) is 3.27. The van der Waals surface area contributed by atoms with E-state index in [4.69, 9.17) is 9.47 Å². The van der Waals surface area contributed by atoms with Crippen molar-refractivity contribution in [2.45, 2.75) is 33.3 Å². The third kappa shape index (κ3) is 5.33. The van der Waals surface area contributed by atoms with E-state index in [1.807, 2.05) is 55.5 Å². The van der Waals surface area contributed by atoms with E-state index in [2.05, 4.69) is 12.2 Å². The van der Waals surface area contributed by atoms with Crippen LogP contribution in [0.15, 0.2) is 48.5 Å². The predicted molar refractivity (Wildman–Crippen MR) is 92.1 cm³/mol. The Bertz CT molecular complexity index is 637. The van der Waals surface area contributed by atoms with E-state index < -0.39 is 6.10 Å². The fraction of sp³-hybridized carbons (Fsp3) is 0.316. The molecular formula is C19H23NO3. The number of anilines is 1. The van der Waals surface area contributed by atoms with Crippen molar-refractivity contribution in [3.63, 3.8) is 0 Å². The first kappa shape index (κ1) is 16.9. The largest absolute Gasteiger partial charge is 0.494 e. The highest BCUT2D eigenvalue weighted by Crippen LogP contribution is 2.18. The molecule has 1 N–H and O–H groups in total. The van der Waals surface area contributed by atoms with Crippen molar-refractivity contribution in [3.05, 3.63) is 54.1 Å². The second-order valence-corrected chi connectivity index (χ2v) is 5.44. The SMILES string of the molecule is CCCOc1ccc(NC(=O)[C@@H](C)Oc2cccc(C)c2)cc1. The molecule has 4 heteroatoms. The third-order valence-corrected chi connectivity index (χ3v) is 3.27. The minimum atomic E-state index is -0.576. The summed E-state index contributed by atoms with van der Waals surface area (Å²) in [4.78, 5) is 12.2. The second-order valence-electron chi connectivity index (χ2n) is 5.44. The molecule has 0 saturated carbocycles. The number of nitrogens with one attached hydrogen (secondary N) is 1. The van der Waals surface area contributed by atoms with E-state index in [1.165, 1.54) is 0 Å². The lowest BCUT2D eigenvalue weighted by atomic mass is 10.2. The summed E-state index contributed by atoms with van der Waals surface area (Å²) >= 11 is 0. The maximum Gasteiger partial charge on any atom is 0.265 e. The lowest BCUT2D eigenvalue weighted by Crippen LogP contribution is -2.30. The normalized spacial score (nSPS) is 11.6. The first-order chi connectivity index (χ1) is 11.1. The van der Waals surface area contributed by atoms with Gasteiger partial charge in [-0.15, -0.1) is 0 Å². The van der Waals surface area contributed by atoms with Crippen LogP contribution in [0.2, 0.25) is 0 Å². The first-order valence-electron chi connectivity index (χ1n) is 7.85. The van der Waals surface area contributed by atoms with E-state index in [9.17, 15) is 4.79 Å². The molecule has 2 aromatic carbocycles. The zero-order valence-corrected chi connectivity index (χ0v) is 13.8. The molecule has 0 unspecified atom stereocenters. The Balaban J connectivity index is 1.90.